The molecule has 0 unspecified atom stereocenters. The first kappa shape index (κ1) is 14.0. The Kier molecular flexibility index (Phi) is 4.56. The summed E-state index contributed by atoms with van der Waals surface area (Å²) in [6.07, 6.45) is 0.260. The average Bonchev–Trinajstić information content (AvgIpc) is 2.80. The van der Waals surface area contributed by atoms with E-state index in [1.807, 2.05) is 23.6 Å². The zero-order chi connectivity index (χ0) is 13.8. The Morgan fingerprint density at radius 1 is 1.42 bits per heavy atom. The van der Waals surface area contributed by atoms with Gasteiger partial charge in [-0.1, -0.05) is 43.6 Å². The quantitative estimate of drug-likeness (QED) is 0.922. The Labute approximate surface area is 121 Å². The van der Waals surface area contributed by atoms with Crippen molar-refractivity contribution >= 4 is 34.0 Å². The minimum absolute atomic E-state index is 0.0993. The number of hydrogen-bond donors (Lipinski definition) is 1. The number of aromatic nitrogens is 1. The maximum absolute atomic E-state index is 11.9. The van der Waals surface area contributed by atoms with Crippen molar-refractivity contribution < 1.29 is 4.79 Å². The summed E-state index contributed by atoms with van der Waals surface area (Å²) in [5.74, 6) is 0.267. The smallest absolute Gasteiger partial charge is 0.230 e. The van der Waals surface area contributed by atoms with E-state index in [-0.39, 0.29) is 12.3 Å². The van der Waals surface area contributed by atoms with Crippen molar-refractivity contribution in [2.45, 2.75) is 26.2 Å². The summed E-state index contributed by atoms with van der Waals surface area (Å²) in [7, 11) is 0. The Bertz CT molecular complexity index is 580. The van der Waals surface area contributed by atoms with Gasteiger partial charge in [0.2, 0.25) is 5.91 Å². The SMILES string of the molecule is CC(C)c1csc(NC(=O)Cc2ccccc2Cl)n1. The number of rotatable bonds is 4. The van der Waals surface area contributed by atoms with Crippen LogP contribution in [0.15, 0.2) is 29.6 Å². The van der Waals surface area contributed by atoms with Gasteiger partial charge in [0.1, 0.15) is 0 Å². The highest BCUT2D eigenvalue weighted by atomic mass is 35.5. The van der Waals surface area contributed by atoms with Crippen LogP contribution in [0, 0.1) is 0 Å². The van der Waals surface area contributed by atoms with Gasteiger partial charge in [-0.2, -0.15) is 0 Å². The Morgan fingerprint density at radius 2 is 2.16 bits per heavy atom. The van der Waals surface area contributed by atoms with Crippen LogP contribution in [0.3, 0.4) is 0 Å². The van der Waals surface area contributed by atoms with Gasteiger partial charge in [-0.3, -0.25) is 4.79 Å². The highest BCUT2D eigenvalue weighted by Gasteiger charge is 2.10. The molecule has 1 heterocycles. The molecule has 5 heteroatoms. The van der Waals surface area contributed by atoms with Crippen molar-refractivity contribution in [1.29, 1.82) is 0 Å². The van der Waals surface area contributed by atoms with Gasteiger partial charge >= 0.3 is 0 Å². The van der Waals surface area contributed by atoms with Gasteiger partial charge < -0.3 is 5.32 Å². The fourth-order valence-electron chi connectivity index (χ4n) is 1.59. The highest BCUT2D eigenvalue weighted by Crippen LogP contribution is 2.22. The van der Waals surface area contributed by atoms with Crippen LogP contribution >= 0.6 is 22.9 Å². The average molecular weight is 295 g/mol. The number of carbonyl (C=O) groups is 1. The standard InChI is InChI=1S/C14H15ClN2OS/c1-9(2)12-8-19-14(16-12)17-13(18)7-10-5-3-4-6-11(10)15/h3-6,8-9H,7H2,1-2H3,(H,16,17,18). The normalized spacial score (nSPS) is 10.7. The van der Waals surface area contributed by atoms with Gasteiger partial charge in [0, 0.05) is 10.4 Å². The molecule has 1 aromatic carbocycles. The molecule has 0 saturated carbocycles. The van der Waals surface area contributed by atoms with Crippen LogP contribution < -0.4 is 5.32 Å². The number of hydrogen-bond acceptors (Lipinski definition) is 3. The lowest BCUT2D eigenvalue weighted by Gasteiger charge is -2.04. The van der Waals surface area contributed by atoms with Crippen LogP contribution in [0.25, 0.3) is 0 Å². The van der Waals surface area contributed by atoms with Gasteiger partial charge in [0.15, 0.2) is 5.13 Å². The molecule has 1 amide bonds. The van der Waals surface area contributed by atoms with Crippen molar-refractivity contribution in [3.05, 3.63) is 45.9 Å². The lowest BCUT2D eigenvalue weighted by molar-refractivity contribution is -0.115. The Hall–Kier alpha value is -1.39. The monoisotopic (exact) mass is 294 g/mol. The minimum Gasteiger partial charge on any atom is -0.302 e. The lowest BCUT2D eigenvalue weighted by Crippen LogP contribution is -2.14. The van der Waals surface area contributed by atoms with Gasteiger partial charge in [0.25, 0.3) is 0 Å². The van der Waals surface area contributed by atoms with Gasteiger partial charge in [-0.15, -0.1) is 11.3 Å². The summed E-state index contributed by atoms with van der Waals surface area (Å²) in [6, 6.07) is 7.35. The molecule has 0 atom stereocenters. The number of thiazole rings is 1. The topological polar surface area (TPSA) is 42.0 Å². The molecule has 0 saturated heterocycles. The predicted octanol–water partition coefficient (Wildman–Crippen LogP) is 4.10. The first-order valence-electron chi connectivity index (χ1n) is 6.05. The molecule has 1 N–H and O–H groups in total. The van der Waals surface area contributed by atoms with E-state index < -0.39 is 0 Å². The summed E-state index contributed by atoms with van der Waals surface area (Å²) >= 11 is 7.47. The molecular formula is C14H15ClN2OS. The second kappa shape index (κ2) is 6.17. The van der Waals surface area contributed by atoms with Crippen molar-refractivity contribution in [3.8, 4) is 0 Å². The maximum Gasteiger partial charge on any atom is 0.230 e. The molecule has 0 aliphatic heterocycles. The van der Waals surface area contributed by atoms with Crippen LogP contribution in [-0.2, 0) is 11.2 Å². The van der Waals surface area contributed by atoms with E-state index >= 15 is 0 Å². The molecule has 0 fully saturated rings. The van der Waals surface area contributed by atoms with E-state index in [4.69, 9.17) is 11.6 Å². The zero-order valence-corrected chi connectivity index (χ0v) is 12.4. The second-order valence-electron chi connectivity index (χ2n) is 4.55. The van der Waals surface area contributed by atoms with E-state index in [9.17, 15) is 4.79 Å². The number of nitrogens with one attached hydrogen (secondary N) is 1. The third-order valence-electron chi connectivity index (χ3n) is 2.67. The molecule has 0 aliphatic rings. The van der Waals surface area contributed by atoms with Crippen LogP contribution in [0.5, 0.6) is 0 Å². The molecule has 2 aromatic rings. The number of carbonyl (C=O) groups excluding carboxylic acids is 1. The second-order valence-corrected chi connectivity index (χ2v) is 5.81. The largest absolute Gasteiger partial charge is 0.302 e. The third kappa shape index (κ3) is 3.78. The number of nitrogens with zero attached hydrogens (tertiary/aromatic N) is 1. The number of amides is 1. The first-order valence-corrected chi connectivity index (χ1v) is 7.30. The summed E-state index contributed by atoms with van der Waals surface area (Å²) in [4.78, 5) is 16.3. The fourth-order valence-corrected chi connectivity index (χ4v) is 2.68. The molecule has 0 bridgehead atoms. The van der Waals surface area contributed by atoms with Crippen LogP contribution in [0.4, 0.5) is 5.13 Å². The number of benzene rings is 1. The zero-order valence-electron chi connectivity index (χ0n) is 10.8. The predicted molar refractivity (Wildman–Crippen MR) is 80.0 cm³/mol. The molecule has 3 nitrogen and oxygen atoms in total. The maximum atomic E-state index is 11.9. The van der Waals surface area contributed by atoms with Crippen LogP contribution in [-0.4, -0.2) is 10.9 Å². The van der Waals surface area contributed by atoms with Crippen LogP contribution in [0.1, 0.15) is 31.0 Å². The molecule has 1 aromatic heterocycles. The number of halogens is 1. The van der Waals surface area contributed by atoms with Gasteiger partial charge in [-0.25, -0.2) is 4.98 Å². The third-order valence-corrected chi connectivity index (χ3v) is 3.81. The molecule has 19 heavy (non-hydrogen) atoms. The molecule has 0 radical (unpaired) electrons. The summed E-state index contributed by atoms with van der Waals surface area (Å²) in [5.41, 5.74) is 1.82. The minimum atomic E-state index is -0.0993. The summed E-state index contributed by atoms with van der Waals surface area (Å²) in [5, 5.41) is 6.02. The van der Waals surface area contributed by atoms with Crippen molar-refractivity contribution in [1.82, 2.24) is 4.98 Å². The van der Waals surface area contributed by atoms with Gasteiger partial charge in [-0.05, 0) is 17.5 Å². The van der Waals surface area contributed by atoms with E-state index in [0.29, 0.717) is 16.1 Å². The lowest BCUT2D eigenvalue weighted by atomic mass is 10.1. The van der Waals surface area contributed by atoms with E-state index in [0.717, 1.165) is 11.3 Å². The molecule has 0 spiro atoms. The van der Waals surface area contributed by atoms with Crippen LogP contribution in [0.2, 0.25) is 5.02 Å². The summed E-state index contributed by atoms with van der Waals surface area (Å²) in [6.45, 7) is 4.15. The van der Waals surface area contributed by atoms with Crippen molar-refractivity contribution in [3.63, 3.8) is 0 Å². The molecule has 0 aliphatic carbocycles. The number of anilines is 1. The van der Waals surface area contributed by atoms with Crippen molar-refractivity contribution in [2.75, 3.05) is 5.32 Å². The van der Waals surface area contributed by atoms with E-state index in [1.165, 1.54) is 11.3 Å². The van der Waals surface area contributed by atoms with Gasteiger partial charge in [0.05, 0.1) is 12.1 Å². The Morgan fingerprint density at radius 3 is 2.79 bits per heavy atom. The van der Waals surface area contributed by atoms with E-state index in [1.54, 1.807) is 6.07 Å². The highest BCUT2D eigenvalue weighted by molar-refractivity contribution is 7.13. The molecular weight excluding hydrogens is 280 g/mol. The van der Waals surface area contributed by atoms with Crippen molar-refractivity contribution in [2.24, 2.45) is 0 Å². The van der Waals surface area contributed by atoms with E-state index in [2.05, 4.69) is 24.1 Å². The molecule has 2 rings (SSSR count). The molecule has 100 valence electrons. The first-order chi connectivity index (χ1) is 9.06. The Balaban J connectivity index is 1.99. The summed E-state index contributed by atoms with van der Waals surface area (Å²) < 4.78 is 0. The fraction of sp³-hybridized carbons (Fsp3) is 0.286.